The van der Waals surface area contributed by atoms with Crippen LogP contribution in [0.25, 0.3) is 0 Å². The summed E-state index contributed by atoms with van der Waals surface area (Å²) in [5, 5.41) is 2.18. The molecule has 0 aromatic heterocycles. The highest BCUT2D eigenvalue weighted by atomic mass is 79.9. The molecule has 0 N–H and O–H groups in total. The predicted octanol–water partition coefficient (Wildman–Crippen LogP) is 4.03. The third-order valence-corrected chi connectivity index (χ3v) is 3.95. The molecule has 0 unspecified atom stereocenters. The summed E-state index contributed by atoms with van der Waals surface area (Å²) in [5.74, 6) is 0.750. The molecule has 0 amide bonds. The lowest BCUT2D eigenvalue weighted by Gasteiger charge is -2.09. The molecule has 0 saturated heterocycles. The van der Waals surface area contributed by atoms with E-state index in [-0.39, 0.29) is 0 Å². The molecular formula is C11H14Br2. The van der Waals surface area contributed by atoms with Gasteiger partial charge in [0.15, 0.2) is 0 Å². The molecule has 0 bridgehead atoms. The number of aryl methyl sites for hydroxylation is 1. The van der Waals surface area contributed by atoms with E-state index >= 15 is 0 Å². The maximum atomic E-state index is 3.52. The average Bonchev–Trinajstić information content (AvgIpc) is 2.21. The summed E-state index contributed by atoms with van der Waals surface area (Å²) in [7, 11) is 0. The lowest BCUT2D eigenvalue weighted by molar-refractivity contribution is 0.613. The van der Waals surface area contributed by atoms with E-state index in [9.17, 15) is 0 Å². The zero-order chi connectivity index (χ0) is 9.52. The Balaban J connectivity index is 2.34. The fourth-order valence-corrected chi connectivity index (χ4v) is 2.93. The molecule has 0 aliphatic carbocycles. The monoisotopic (exact) mass is 304 g/mol. The van der Waals surface area contributed by atoms with E-state index in [1.54, 1.807) is 0 Å². The minimum atomic E-state index is 0.750. The van der Waals surface area contributed by atoms with Crippen LogP contribution >= 0.6 is 31.9 Å². The van der Waals surface area contributed by atoms with E-state index < -0.39 is 0 Å². The van der Waals surface area contributed by atoms with E-state index in [2.05, 4.69) is 62.2 Å². The first kappa shape index (κ1) is 11.3. The van der Waals surface area contributed by atoms with Crippen molar-refractivity contribution >= 4 is 31.9 Å². The predicted molar refractivity (Wildman–Crippen MR) is 65.8 cm³/mol. The first-order valence-corrected chi connectivity index (χ1v) is 6.77. The molecule has 1 rings (SSSR count). The Kier molecular flexibility index (Phi) is 5.72. The fourth-order valence-electron chi connectivity index (χ4n) is 1.21. The minimum absolute atomic E-state index is 0.750. The van der Waals surface area contributed by atoms with Gasteiger partial charge in [-0.25, -0.2) is 0 Å². The summed E-state index contributed by atoms with van der Waals surface area (Å²) in [6.07, 6.45) is 2.43. The Labute approximate surface area is 97.0 Å². The minimum Gasteiger partial charge on any atom is -0.0925 e. The molecule has 0 heterocycles. The molecule has 0 saturated carbocycles. The number of hydrogen-bond acceptors (Lipinski definition) is 0. The first-order chi connectivity index (χ1) is 6.36. The van der Waals surface area contributed by atoms with Gasteiger partial charge in [-0.05, 0) is 24.3 Å². The number of alkyl halides is 2. The van der Waals surface area contributed by atoms with Gasteiger partial charge >= 0.3 is 0 Å². The van der Waals surface area contributed by atoms with Crippen molar-refractivity contribution in [2.45, 2.75) is 12.8 Å². The molecule has 0 atom stereocenters. The van der Waals surface area contributed by atoms with Gasteiger partial charge < -0.3 is 0 Å². The Morgan fingerprint density at radius 1 is 1.00 bits per heavy atom. The van der Waals surface area contributed by atoms with Crippen LogP contribution < -0.4 is 0 Å². The van der Waals surface area contributed by atoms with Crippen molar-refractivity contribution in [2.24, 2.45) is 5.92 Å². The second-order valence-corrected chi connectivity index (χ2v) is 4.49. The number of rotatable bonds is 5. The third-order valence-electron chi connectivity index (χ3n) is 2.12. The van der Waals surface area contributed by atoms with Gasteiger partial charge in [0.2, 0.25) is 0 Å². The van der Waals surface area contributed by atoms with Gasteiger partial charge in [-0.2, -0.15) is 0 Å². The Morgan fingerprint density at radius 2 is 1.62 bits per heavy atom. The molecule has 0 nitrogen and oxygen atoms in total. The second-order valence-electron chi connectivity index (χ2n) is 3.20. The topological polar surface area (TPSA) is 0 Å². The summed E-state index contributed by atoms with van der Waals surface area (Å²) in [4.78, 5) is 0. The van der Waals surface area contributed by atoms with Gasteiger partial charge in [-0.15, -0.1) is 0 Å². The maximum Gasteiger partial charge on any atom is 0.00677 e. The molecular weight excluding hydrogens is 292 g/mol. The molecule has 1 aromatic carbocycles. The highest BCUT2D eigenvalue weighted by Gasteiger charge is 2.04. The van der Waals surface area contributed by atoms with Crippen LogP contribution in [0.1, 0.15) is 12.0 Å². The molecule has 2 heteroatoms. The fraction of sp³-hybridized carbons (Fsp3) is 0.455. The summed E-state index contributed by atoms with van der Waals surface area (Å²) in [6, 6.07) is 10.7. The number of benzene rings is 1. The van der Waals surface area contributed by atoms with Crippen molar-refractivity contribution in [1.29, 1.82) is 0 Å². The van der Waals surface area contributed by atoms with Crippen LogP contribution in [-0.2, 0) is 6.42 Å². The van der Waals surface area contributed by atoms with Gasteiger partial charge in [0, 0.05) is 10.7 Å². The smallest absolute Gasteiger partial charge is 0.00677 e. The normalized spacial score (nSPS) is 10.7. The number of hydrogen-bond donors (Lipinski definition) is 0. The molecule has 13 heavy (non-hydrogen) atoms. The summed E-state index contributed by atoms with van der Waals surface area (Å²) in [5.41, 5.74) is 1.44. The van der Waals surface area contributed by atoms with Crippen molar-refractivity contribution in [3.05, 3.63) is 35.9 Å². The Bertz CT molecular complexity index is 217. The van der Waals surface area contributed by atoms with Crippen molar-refractivity contribution in [3.63, 3.8) is 0 Å². The molecule has 1 aromatic rings. The molecule has 0 spiro atoms. The van der Waals surface area contributed by atoms with E-state index in [4.69, 9.17) is 0 Å². The Morgan fingerprint density at radius 3 is 2.15 bits per heavy atom. The van der Waals surface area contributed by atoms with Gasteiger partial charge in [0.05, 0.1) is 0 Å². The highest BCUT2D eigenvalue weighted by molar-refractivity contribution is 9.09. The molecule has 0 aliphatic rings. The standard InChI is InChI=1S/C11H14Br2/c12-8-11(9-13)7-6-10-4-2-1-3-5-10/h1-5,11H,6-9H2. The summed E-state index contributed by atoms with van der Waals surface area (Å²) < 4.78 is 0. The quantitative estimate of drug-likeness (QED) is 0.721. The maximum absolute atomic E-state index is 3.52. The van der Waals surface area contributed by atoms with Crippen LogP contribution in [0.15, 0.2) is 30.3 Å². The summed E-state index contributed by atoms with van der Waals surface area (Å²) in [6.45, 7) is 0. The van der Waals surface area contributed by atoms with Gasteiger partial charge in [0.25, 0.3) is 0 Å². The van der Waals surface area contributed by atoms with E-state index in [1.807, 2.05) is 0 Å². The lowest BCUT2D eigenvalue weighted by Crippen LogP contribution is -2.04. The van der Waals surface area contributed by atoms with Crippen molar-refractivity contribution in [2.75, 3.05) is 10.7 Å². The Hall–Kier alpha value is 0.180. The van der Waals surface area contributed by atoms with Crippen LogP contribution in [0.5, 0.6) is 0 Å². The van der Waals surface area contributed by atoms with Crippen molar-refractivity contribution < 1.29 is 0 Å². The zero-order valence-corrected chi connectivity index (χ0v) is 10.7. The van der Waals surface area contributed by atoms with E-state index in [1.165, 1.54) is 18.4 Å². The molecule has 0 aliphatic heterocycles. The zero-order valence-electron chi connectivity index (χ0n) is 7.55. The van der Waals surface area contributed by atoms with Gasteiger partial charge in [0.1, 0.15) is 0 Å². The lowest BCUT2D eigenvalue weighted by atomic mass is 10.0. The molecule has 72 valence electrons. The van der Waals surface area contributed by atoms with Gasteiger partial charge in [-0.1, -0.05) is 62.2 Å². The van der Waals surface area contributed by atoms with Crippen LogP contribution in [0.3, 0.4) is 0 Å². The average molecular weight is 306 g/mol. The van der Waals surface area contributed by atoms with Crippen LogP contribution in [0, 0.1) is 5.92 Å². The summed E-state index contributed by atoms with van der Waals surface area (Å²) >= 11 is 7.04. The SMILES string of the molecule is BrCC(CBr)CCc1ccccc1. The first-order valence-electron chi connectivity index (χ1n) is 4.52. The highest BCUT2D eigenvalue weighted by Crippen LogP contribution is 2.14. The van der Waals surface area contributed by atoms with Gasteiger partial charge in [-0.3, -0.25) is 0 Å². The largest absolute Gasteiger partial charge is 0.0925 e. The van der Waals surface area contributed by atoms with Crippen molar-refractivity contribution in [3.8, 4) is 0 Å². The molecule has 0 fully saturated rings. The van der Waals surface area contributed by atoms with E-state index in [0.29, 0.717) is 0 Å². The third kappa shape index (κ3) is 4.28. The van der Waals surface area contributed by atoms with E-state index in [0.717, 1.165) is 16.6 Å². The molecule has 0 radical (unpaired) electrons. The van der Waals surface area contributed by atoms with Crippen molar-refractivity contribution in [1.82, 2.24) is 0 Å². The number of halogens is 2. The van der Waals surface area contributed by atoms with Crippen LogP contribution in [-0.4, -0.2) is 10.7 Å². The van der Waals surface area contributed by atoms with Crippen LogP contribution in [0.4, 0.5) is 0 Å². The second kappa shape index (κ2) is 6.61. The van der Waals surface area contributed by atoms with Crippen LogP contribution in [0.2, 0.25) is 0 Å².